The highest BCUT2D eigenvalue weighted by Crippen LogP contribution is 2.26. The predicted octanol–water partition coefficient (Wildman–Crippen LogP) is 1.34. The lowest BCUT2D eigenvalue weighted by Gasteiger charge is -2.26. The molecule has 112 valence electrons. The molecule has 0 aromatic carbocycles. The van der Waals surface area contributed by atoms with E-state index in [2.05, 4.69) is 5.32 Å². The molecule has 0 atom stereocenters. The van der Waals surface area contributed by atoms with Crippen LogP contribution in [0.3, 0.4) is 0 Å². The van der Waals surface area contributed by atoms with Gasteiger partial charge in [0.05, 0.1) is 12.1 Å². The molecule has 1 fully saturated rings. The summed E-state index contributed by atoms with van der Waals surface area (Å²) in [4.78, 5) is 11.1. The van der Waals surface area contributed by atoms with Crippen LogP contribution in [0, 0.1) is 0 Å². The maximum atomic E-state index is 11.9. The van der Waals surface area contributed by atoms with Gasteiger partial charge in [0, 0.05) is 6.54 Å². The minimum Gasteiger partial charge on any atom is -0.389 e. The molecule has 4 nitrogen and oxygen atoms in total. The van der Waals surface area contributed by atoms with E-state index in [1.165, 1.54) is 0 Å². The average molecular weight is 282 g/mol. The molecule has 0 heterocycles. The van der Waals surface area contributed by atoms with Gasteiger partial charge in [-0.15, -0.1) is 0 Å². The fraction of sp³-hybridized carbons (Fsp3) is 0.917. The third kappa shape index (κ3) is 7.37. The summed E-state index contributed by atoms with van der Waals surface area (Å²) in [6.07, 6.45) is 1.02. The van der Waals surface area contributed by atoms with Gasteiger partial charge in [-0.3, -0.25) is 4.79 Å². The van der Waals surface area contributed by atoms with Crippen LogP contribution in [0.15, 0.2) is 0 Å². The summed E-state index contributed by atoms with van der Waals surface area (Å²) >= 11 is 0. The van der Waals surface area contributed by atoms with Crippen LogP contribution >= 0.6 is 0 Å². The molecule has 0 bridgehead atoms. The maximum absolute atomic E-state index is 11.9. The molecule has 1 amide bonds. The number of halogens is 3. The highest BCUT2D eigenvalue weighted by Gasteiger charge is 2.29. The number of hydrogen-bond donors (Lipinski definition) is 3. The van der Waals surface area contributed by atoms with Crippen molar-refractivity contribution in [2.24, 2.45) is 0 Å². The zero-order valence-corrected chi connectivity index (χ0v) is 10.9. The Morgan fingerprint density at radius 3 is 2.26 bits per heavy atom. The third-order valence-electron chi connectivity index (χ3n) is 3.26. The Kier molecular flexibility index (Phi) is 6.06. The Morgan fingerprint density at radius 2 is 1.74 bits per heavy atom. The van der Waals surface area contributed by atoms with Crippen molar-refractivity contribution in [2.75, 3.05) is 19.6 Å². The Bertz CT molecular complexity index is 287. The van der Waals surface area contributed by atoms with E-state index >= 15 is 0 Å². The molecule has 1 saturated carbocycles. The van der Waals surface area contributed by atoms with E-state index in [4.69, 9.17) is 0 Å². The average Bonchev–Trinajstić information content (AvgIpc) is 2.51. The number of nitrogens with one attached hydrogen (secondary N) is 2. The minimum absolute atomic E-state index is 0.210. The summed E-state index contributed by atoms with van der Waals surface area (Å²) in [5.41, 5.74) is -0.833. The normalized spacial score (nSPS) is 19.8. The van der Waals surface area contributed by atoms with E-state index in [-0.39, 0.29) is 13.1 Å². The van der Waals surface area contributed by atoms with Crippen LogP contribution in [0.25, 0.3) is 0 Å². The van der Waals surface area contributed by atoms with Gasteiger partial charge in [-0.1, -0.05) is 25.7 Å². The van der Waals surface area contributed by atoms with Gasteiger partial charge in [0.15, 0.2) is 0 Å². The van der Waals surface area contributed by atoms with Crippen molar-refractivity contribution in [2.45, 2.75) is 50.3 Å². The summed E-state index contributed by atoms with van der Waals surface area (Å²) in [7, 11) is 0. The van der Waals surface area contributed by atoms with Gasteiger partial charge in [-0.25, -0.2) is 0 Å². The molecule has 7 heteroatoms. The van der Waals surface area contributed by atoms with E-state index in [1.54, 1.807) is 5.32 Å². The van der Waals surface area contributed by atoms with E-state index in [0.29, 0.717) is 12.8 Å². The Labute approximate surface area is 110 Å². The van der Waals surface area contributed by atoms with E-state index in [0.717, 1.165) is 25.7 Å². The zero-order valence-electron chi connectivity index (χ0n) is 10.9. The lowest BCUT2D eigenvalue weighted by molar-refractivity contribution is -0.138. The number of alkyl halides is 3. The smallest absolute Gasteiger partial charge is 0.389 e. The quantitative estimate of drug-likeness (QED) is 0.667. The standard InChI is InChI=1S/C12H21F3N2O2/c13-12(14,15)9-17-10(18)7-16-8-11(19)5-3-1-2-4-6-11/h16,19H,1-9H2,(H,17,18). The first kappa shape index (κ1) is 16.2. The fourth-order valence-corrected chi connectivity index (χ4v) is 2.23. The van der Waals surface area contributed by atoms with Crippen molar-refractivity contribution in [1.82, 2.24) is 10.6 Å². The number of carbonyl (C=O) groups is 1. The number of hydrogen-bond acceptors (Lipinski definition) is 3. The predicted molar refractivity (Wildman–Crippen MR) is 64.6 cm³/mol. The lowest BCUT2D eigenvalue weighted by Crippen LogP contribution is -2.45. The topological polar surface area (TPSA) is 61.4 Å². The van der Waals surface area contributed by atoms with Crippen molar-refractivity contribution in [3.63, 3.8) is 0 Å². The maximum Gasteiger partial charge on any atom is 0.405 e. The molecule has 19 heavy (non-hydrogen) atoms. The van der Waals surface area contributed by atoms with Crippen molar-refractivity contribution >= 4 is 5.91 Å². The van der Waals surface area contributed by atoms with Crippen LogP contribution in [-0.4, -0.2) is 42.4 Å². The van der Waals surface area contributed by atoms with Crippen LogP contribution < -0.4 is 10.6 Å². The fourth-order valence-electron chi connectivity index (χ4n) is 2.23. The number of rotatable bonds is 5. The highest BCUT2D eigenvalue weighted by atomic mass is 19.4. The summed E-state index contributed by atoms with van der Waals surface area (Å²) in [6, 6.07) is 0. The van der Waals surface area contributed by atoms with Crippen molar-refractivity contribution < 1.29 is 23.1 Å². The van der Waals surface area contributed by atoms with Crippen LogP contribution in [-0.2, 0) is 4.79 Å². The molecule has 0 saturated heterocycles. The molecule has 1 rings (SSSR count). The SMILES string of the molecule is O=C(CNCC1(O)CCCCCC1)NCC(F)(F)F. The van der Waals surface area contributed by atoms with Crippen molar-refractivity contribution in [3.8, 4) is 0 Å². The summed E-state index contributed by atoms with van der Waals surface area (Å²) in [5, 5.41) is 14.8. The van der Waals surface area contributed by atoms with Gasteiger partial charge in [0.25, 0.3) is 0 Å². The second kappa shape index (κ2) is 7.09. The first-order chi connectivity index (χ1) is 8.81. The van der Waals surface area contributed by atoms with Crippen LogP contribution in [0.5, 0.6) is 0 Å². The highest BCUT2D eigenvalue weighted by molar-refractivity contribution is 5.78. The van der Waals surface area contributed by atoms with Crippen LogP contribution in [0.2, 0.25) is 0 Å². The molecule has 3 N–H and O–H groups in total. The monoisotopic (exact) mass is 282 g/mol. The van der Waals surface area contributed by atoms with Crippen LogP contribution in [0.4, 0.5) is 13.2 Å². The Balaban J connectivity index is 2.20. The van der Waals surface area contributed by atoms with Crippen molar-refractivity contribution in [3.05, 3.63) is 0 Å². The van der Waals surface area contributed by atoms with E-state index < -0.39 is 24.2 Å². The molecule has 0 spiro atoms. The molecule has 0 radical (unpaired) electrons. The van der Waals surface area contributed by atoms with Crippen LogP contribution in [0.1, 0.15) is 38.5 Å². The summed E-state index contributed by atoms with van der Waals surface area (Å²) in [5.74, 6) is -0.713. The number of amides is 1. The van der Waals surface area contributed by atoms with E-state index in [1.807, 2.05) is 0 Å². The van der Waals surface area contributed by atoms with Gasteiger partial charge < -0.3 is 15.7 Å². The number of aliphatic hydroxyl groups is 1. The molecule has 0 unspecified atom stereocenters. The minimum atomic E-state index is -4.39. The number of carbonyl (C=O) groups excluding carboxylic acids is 1. The van der Waals surface area contributed by atoms with Gasteiger partial charge in [-0.2, -0.15) is 13.2 Å². The second-order valence-electron chi connectivity index (χ2n) is 5.13. The lowest BCUT2D eigenvalue weighted by atomic mass is 9.94. The summed E-state index contributed by atoms with van der Waals surface area (Å²) < 4.78 is 35.6. The molecule has 0 aliphatic heterocycles. The second-order valence-corrected chi connectivity index (χ2v) is 5.13. The first-order valence-electron chi connectivity index (χ1n) is 6.57. The zero-order chi connectivity index (χ0) is 14.4. The van der Waals surface area contributed by atoms with Gasteiger partial charge in [0.2, 0.25) is 5.91 Å². The van der Waals surface area contributed by atoms with Crippen molar-refractivity contribution in [1.29, 1.82) is 0 Å². The Hall–Kier alpha value is -0.820. The largest absolute Gasteiger partial charge is 0.405 e. The van der Waals surface area contributed by atoms with Gasteiger partial charge in [0.1, 0.15) is 6.54 Å². The summed E-state index contributed by atoms with van der Waals surface area (Å²) in [6.45, 7) is -1.29. The molecule has 1 aliphatic carbocycles. The molecular weight excluding hydrogens is 261 g/mol. The first-order valence-corrected chi connectivity index (χ1v) is 6.57. The van der Waals surface area contributed by atoms with Gasteiger partial charge in [-0.05, 0) is 12.8 Å². The molecule has 0 aromatic heterocycles. The Morgan fingerprint density at radius 1 is 1.16 bits per heavy atom. The molecular formula is C12H21F3N2O2. The molecule has 1 aliphatic rings. The van der Waals surface area contributed by atoms with E-state index in [9.17, 15) is 23.1 Å². The molecule has 0 aromatic rings. The third-order valence-corrected chi connectivity index (χ3v) is 3.26. The van der Waals surface area contributed by atoms with Gasteiger partial charge >= 0.3 is 6.18 Å².